The van der Waals surface area contributed by atoms with Crippen LogP contribution in [0.5, 0.6) is 0 Å². The maximum atomic E-state index is 14.0. The molecule has 0 fully saturated rings. The number of ketones is 2. The minimum atomic E-state index is -2.54. The fourth-order valence-electron chi connectivity index (χ4n) is 1.59. The molecule has 0 amide bonds. The van der Waals surface area contributed by atoms with E-state index in [1.807, 2.05) is 0 Å². The molecule has 118 valence electrons. The zero-order valence-electron chi connectivity index (χ0n) is 12.0. The third-order valence-corrected chi connectivity index (χ3v) is 2.81. The number of alkyl halides is 1. The first-order valence-corrected chi connectivity index (χ1v) is 6.11. The van der Waals surface area contributed by atoms with E-state index < -0.39 is 49.9 Å². The minimum absolute atomic E-state index is 0.592. The van der Waals surface area contributed by atoms with Gasteiger partial charge in [0.15, 0.2) is 5.78 Å². The highest BCUT2D eigenvalue weighted by atomic mass is 19.1. The van der Waals surface area contributed by atoms with E-state index in [1.165, 1.54) is 20.8 Å². The fourth-order valence-corrected chi connectivity index (χ4v) is 1.59. The van der Waals surface area contributed by atoms with E-state index in [0.717, 1.165) is 0 Å². The van der Waals surface area contributed by atoms with Gasteiger partial charge in [-0.1, -0.05) is 20.8 Å². The summed E-state index contributed by atoms with van der Waals surface area (Å²) >= 11 is 0. The minimum Gasteiger partial charge on any atom is -0.295 e. The summed E-state index contributed by atoms with van der Waals surface area (Å²) in [6.45, 7) is 4.22. The van der Waals surface area contributed by atoms with Crippen molar-refractivity contribution in [2.24, 2.45) is 5.41 Å². The first kappa shape index (κ1) is 17.3. The Bertz CT molecular complexity index is 633. The predicted molar refractivity (Wildman–Crippen MR) is 73.4 cm³/mol. The highest BCUT2D eigenvalue weighted by molar-refractivity contribution is 6.14. The van der Waals surface area contributed by atoms with Gasteiger partial charge in [0, 0.05) is 23.1 Å². The van der Waals surface area contributed by atoms with E-state index in [0.29, 0.717) is 18.2 Å². The van der Waals surface area contributed by atoms with Gasteiger partial charge >= 0.3 is 0 Å². The molecule has 1 unspecified atom stereocenters. The molecule has 0 bridgehead atoms. The highest BCUT2D eigenvalue weighted by Crippen LogP contribution is 2.26. The Kier molecular flexibility index (Phi) is 4.70. The molecule has 0 spiro atoms. The van der Waals surface area contributed by atoms with Crippen molar-refractivity contribution in [1.82, 2.24) is 0 Å². The van der Waals surface area contributed by atoms with Crippen LogP contribution < -0.4 is 0 Å². The number of nitrogens with zero attached hydrogens (tertiary/aromatic N) is 2. The standard InChI is InChI=1S/C13H13FN2O6/c1-13(2,3)12(18)10(14)11(17)7-4-8(15(19)20)6-9(5-7)16(21)22/h4-6,10H,1-3H3. The second-order valence-corrected chi connectivity index (χ2v) is 5.59. The highest BCUT2D eigenvalue weighted by Gasteiger charge is 2.36. The molecule has 22 heavy (non-hydrogen) atoms. The van der Waals surface area contributed by atoms with Crippen LogP contribution in [0.4, 0.5) is 15.8 Å². The molecule has 1 aromatic rings. The zero-order valence-corrected chi connectivity index (χ0v) is 12.0. The lowest BCUT2D eigenvalue weighted by molar-refractivity contribution is -0.394. The van der Waals surface area contributed by atoms with Crippen LogP contribution >= 0.6 is 0 Å². The van der Waals surface area contributed by atoms with E-state index in [9.17, 15) is 34.2 Å². The number of Topliss-reactive ketones (excluding diaryl/α,β-unsaturated/α-hetero) is 2. The maximum Gasteiger partial charge on any atom is 0.277 e. The van der Waals surface area contributed by atoms with Crippen LogP contribution in [-0.2, 0) is 4.79 Å². The molecule has 0 radical (unpaired) electrons. The van der Waals surface area contributed by atoms with Gasteiger partial charge in [-0.05, 0) is 0 Å². The molecule has 1 atom stereocenters. The summed E-state index contributed by atoms with van der Waals surface area (Å²) in [6, 6.07) is 2.06. The van der Waals surface area contributed by atoms with Gasteiger partial charge in [-0.15, -0.1) is 0 Å². The van der Waals surface area contributed by atoms with E-state index in [2.05, 4.69) is 0 Å². The lowest BCUT2D eigenvalue weighted by atomic mass is 9.86. The predicted octanol–water partition coefficient (Wildman–Crippen LogP) is 2.64. The van der Waals surface area contributed by atoms with Gasteiger partial charge in [-0.3, -0.25) is 29.8 Å². The monoisotopic (exact) mass is 312 g/mol. The Balaban J connectivity index is 3.31. The lowest BCUT2D eigenvalue weighted by Gasteiger charge is -2.18. The Morgan fingerprint density at radius 3 is 1.77 bits per heavy atom. The van der Waals surface area contributed by atoms with Gasteiger partial charge in [0.25, 0.3) is 11.4 Å². The number of non-ortho nitro benzene ring substituents is 2. The van der Waals surface area contributed by atoms with E-state index >= 15 is 0 Å². The number of hydrogen-bond acceptors (Lipinski definition) is 6. The first-order chi connectivity index (χ1) is 9.95. The van der Waals surface area contributed by atoms with Gasteiger partial charge in [0.1, 0.15) is 0 Å². The number of rotatable bonds is 5. The second-order valence-electron chi connectivity index (χ2n) is 5.59. The van der Waals surface area contributed by atoms with Crippen LogP contribution in [0.3, 0.4) is 0 Å². The number of halogens is 1. The summed E-state index contributed by atoms with van der Waals surface area (Å²) in [7, 11) is 0. The van der Waals surface area contributed by atoms with Gasteiger partial charge in [0.05, 0.1) is 15.9 Å². The lowest BCUT2D eigenvalue weighted by Crippen LogP contribution is -2.35. The maximum absolute atomic E-state index is 14.0. The number of benzene rings is 1. The summed E-state index contributed by atoms with van der Waals surface area (Å²) in [5.74, 6) is -2.35. The summed E-state index contributed by atoms with van der Waals surface area (Å²) < 4.78 is 14.0. The van der Waals surface area contributed by atoms with Gasteiger partial charge in [-0.25, -0.2) is 4.39 Å². The Hall–Kier alpha value is -2.71. The molecule has 1 aromatic carbocycles. The Labute approximate surface area is 124 Å². The molecule has 0 saturated heterocycles. The van der Waals surface area contributed by atoms with Crippen molar-refractivity contribution in [2.45, 2.75) is 26.9 Å². The van der Waals surface area contributed by atoms with Gasteiger partial charge in [-0.2, -0.15) is 0 Å². The van der Waals surface area contributed by atoms with Crippen molar-refractivity contribution in [3.8, 4) is 0 Å². The van der Waals surface area contributed by atoms with Crippen molar-refractivity contribution >= 4 is 22.9 Å². The van der Waals surface area contributed by atoms with Crippen LogP contribution in [0.15, 0.2) is 18.2 Å². The normalized spacial score (nSPS) is 12.5. The Morgan fingerprint density at radius 1 is 1.05 bits per heavy atom. The van der Waals surface area contributed by atoms with Crippen molar-refractivity contribution in [3.63, 3.8) is 0 Å². The zero-order chi connectivity index (χ0) is 17.2. The van der Waals surface area contributed by atoms with E-state index in [1.54, 1.807) is 0 Å². The van der Waals surface area contributed by atoms with Crippen molar-refractivity contribution in [2.75, 3.05) is 0 Å². The van der Waals surface area contributed by atoms with Crippen LogP contribution in [0.25, 0.3) is 0 Å². The molecular weight excluding hydrogens is 299 g/mol. The van der Waals surface area contributed by atoms with Crippen molar-refractivity contribution < 1.29 is 23.8 Å². The average molecular weight is 312 g/mol. The largest absolute Gasteiger partial charge is 0.295 e. The number of carbonyl (C=O) groups is 2. The van der Waals surface area contributed by atoms with E-state index in [4.69, 9.17) is 0 Å². The average Bonchev–Trinajstić information content (AvgIpc) is 2.43. The summed E-state index contributed by atoms with van der Waals surface area (Å²) in [5, 5.41) is 21.4. The molecule has 0 aliphatic rings. The molecule has 0 aliphatic heterocycles. The van der Waals surface area contributed by atoms with Gasteiger partial charge in [0.2, 0.25) is 12.0 Å². The van der Waals surface area contributed by atoms with Crippen molar-refractivity contribution in [3.05, 3.63) is 44.0 Å². The first-order valence-electron chi connectivity index (χ1n) is 6.11. The fraction of sp³-hybridized carbons (Fsp3) is 0.385. The molecule has 0 aromatic heterocycles. The summed E-state index contributed by atoms with van der Waals surface area (Å²) in [6.07, 6.45) is -2.54. The molecular formula is C13H13FN2O6. The number of nitro groups is 2. The number of hydrogen-bond donors (Lipinski definition) is 0. The number of carbonyl (C=O) groups excluding carboxylic acids is 2. The van der Waals surface area contributed by atoms with E-state index in [-0.39, 0.29) is 0 Å². The SMILES string of the molecule is CC(C)(C)C(=O)C(F)C(=O)c1cc([N+](=O)[O-])cc([N+](=O)[O-])c1. The molecule has 9 heteroatoms. The second kappa shape index (κ2) is 5.96. The molecule has 0 N–H and O–H groups in total. The molecule has 1 rings (SSSR count). The Morgan fingerprint density at radius 2 is 1.45 bits per heavy atom. The van der Waals surface area contributed by atoms with Crippen LogP contribution in [0.2, 0.25) is 0 Å². The third kappa shape index (κ3) is 3.68. The molecule has 8 nitrogen and oxygen atoms in total. The smallest absolute Gasteiger partial charge is 0.277 e. The number of nitro benzene ring substituents is 2. The summed E-state index contributed by atoms with van der Waals surface area (Å²) in [5.41, 5.74) is -3.19. The van der Waals surface area contributed by atoms with Crippen LogP contribution in [0.1, 0.15) is 31.1 Å². The summed E-state index contributed by atoms with van der Waals surface area (Å²) in [4.78, 5) is 43.3. The van der Waals surface area contributed by atoms with Crippen molar-refractivity contribution in [1.29, 1.82) is 0 Å². The molecule has 0 aliphatic carbocycles. The third-order valence-electron chi connectivity index (χ3n) is 2.81. The quantitative estimate of drug-likeness (QED) is 0.356. The molecule has 0 heterocycles. The molecule has 0 saturated carbocycles. The van der Waals surface area contributed by atoms with Crippen LogP contribution in [-0.4, -0.2) is 27.6 Å². The topological polar surface area (TPSA) is 120 Å². The van der Waals surface area contributed by atoms with Crippen LogP contribution in [0, 0.1) is 25.6 Å². The van der Waals surface area contributed by atoms with Gasteiger partial charge < -0.3 is 0 Å².